The van der Waals surface area contributed by atoms with E-state index < -0.39 is 0 Å². The van der Waals surface area contributed by atoms with Gasteiger partial charge in [-0.2, -0.15) is 5.10 Å². The molecule has 1 aliphatic heterocycles. The summed E-state index contributed by atoms with van der Waals surface area (Å²) in [6.07, 6.45) is 3.48. The molecule has 0 saturated carbocycles. The number of carbonyl (C=O) groups excluding carboxylic acids is 2. The summed E-state index contributed by atoms with van der Waals surface area (Å²) in [5.41, 5.74) is 4.40. The Morgan fingerprint density at radius 1 is 1.19 bits per heavy atom. The Hall–Kier alpha value is -3.26. The summed E-state index contributed by atoms with van der Waals surface area (Å²) in [4.78, 5) is 31.1. The first-order valence-electron chi connectivity index (χ1n) is 10.5. The van der Waals surface area contributed by atoms with E-state index in [9.17, 15) is 9.59 Å². The number of ether oxygens (including phenoxy) is 1. The molecule has 0 spiro atoms. The second-order valence-electron chi connectivity index (χ2n) is 7.87. The van der Waals surface area contributed by atoms with Gasteiger partial charge in [-0.1, -0.05) is 18.2 Å². The zero-order valence-corrected chi connectivity index (χ0v) is 17.9. The van der Waals surface area contributed by atoms with Crippen molar-refractivity contribution >= 4 is 17.5 Å². The van der Waals surface area contributed by atoms with Crippen molar-refractivity contribution in [1.82, 2.24) is 24.8 Å². The fourth-order valence-electron chi connectivity index (χ4n) is 4.17. The van der Waals surface area contributed by atoms with Crippen LogP contribution < -0.4 is 5.32 Å². The van der Waals surface area contributed by atoms with Gasteiger partial charge in [-0.15, -0.1) is 0 Å². The summed E-state index contributed by atoms with van der Waals surface area (Å²) in [5.74, 6) is 0.119. The number of nitrogens with zero attached hydrogens (tertiary/aromatic N) is 4. The number of aromatic nitrogens is 3. The lowest BCUT2D eigenvalue weighted by molar-refractivity contribution is -0.124. The highest BCUT2D eigenvalue weighted by Gasteiger charge is 2.28. The molecular weight excluding hydrogens is 394 g/mol. The van der Waals surface area contributed by atoms with E-state index in [1.54, 1.807) is 0 Å². The fraction of sp³-hybridized carbons (Fsp3) is 0.391. The number of piperidine rings is 1. The highest BCUT2D eigenvalue weighted by molar-refractivity contribution is 5.94. The highest BCUT2D eigenvalue weighted by atomic mass is 16.5. The lowest BCUT2D eigenvalue weighted by atomic mass is 9.90. The summed E-state index contributed by atoms with van der Waals surface area (Å²) in [7, 11) is 1.50. The third-order valence-corrected chi connectivity index (χ3v) is 5.66. The number of methoxy groups -OCH3 is 1. The van der Waals surface area contributed by atoms with Gasteiger partial charge in [0.1, 0.15) is 6.61 Å². The number of fused-ring (bicyclic) bond motifs is 1. The number of amides is 2. The van der Waals surface area contributed by atoms with Crippen LogP contribution >= 0.6 is 0 Å². The van der Waals surface area contributed by atoms with Crippen molar-refractivity contribution in [3.8, 4) is 0 Å². The molecule has 0 bridgehead atoms. The first-order valence-corrected chi connectivity index (χ1v) is 10.5. The lowest BCUT2D eigenvalue weighted by Gasteiger charge is -2.33. The predicted molar refractivity (Wildman–Crippen MR) is 116 cm³/mol. The molecule has 8 heteroatoms. The Morgan fingerprint density at radius 2 is 1.94 bits per heavy atom. The van der Waals surface area contributed by atoms with Crippen LogP contribution in [0.4, 0.5) is 0 Å². The quantitative estimate of drug-likeness (QED) is 0.660. The largest absolute Gasteiger partial charge is 0.375 e. The van der Waals surface area contributed by atoms with Crippen LogP contribution in [0.25, 0.3) is 5.65 Å². The van der Waals surface area contributed by atoms with Crippen LogP contribution in [0.1, 0.15) is 46.1 Å². The molecular formula is C23H27N5O3. The number of benzene rings is 1. The first kappa shape index (κ1) is 21.0. The fourth-order valence-corrected chi connectivity index (χ4v) is 4.17. The molecule has 1 aliphatic rings. The topological polar surface area (TPSA) is 88.8 Å². The van der Waals surface area contributed by atoms with Crippen LogP contribution in [0.2, 0.25) is 0 Å². The Kier molecular flexibility index (Phi) is 6.27. The molecule has 0 aliphatic carbocycles. The molecule has 162 valence electrons. The summed E-state index contributed by atoms with van der Waals surface area (Å²) in [6.45, 7) is 3.68. The maximum atomic E-state index is 12.8. The van der Waals surface area contributed by atoms with Crippen LogP contribution in [-0.4, -0.2) is 58.1 Å². The van der Waals surface area contributed by atoms with Crippen molar-refractivity contribution in [3.05, 3.63) is 65.1 Å². The van der Waals surface area contributed by atoms with Gasteiger partial charge < -0.3 is 15.0 Å². The Labute approximate surface area is 181 Å². The van der Waals surface area contributed by atoms with E-state index in [4.69, 9.17) is 4.74 Å². The van der Waals surface area contributed by atoms with Crippen LogP contribution in [-0.2, 0) is 16.1 Å². The van der Waals surface area contributed by atoms with Crippen LogP contribution in [0.15, 0.2) is 42.6 Å². The zero-order valence-electron chi connectivity index (χ0n) is 17.9. The number of carbonyl (C=O) groups is 2. The van der Waals surface area contributed by atoms with Crippen molar-refractivity contribution in [2.75, 3.05) is 26.8 Å². The molecule has 0 atom stereocenters. The summed E-state index contributed by atoms with van der Waals surface area (Å²) >= 11 is 0. The molecule has 1 saturated heterocycles. The third-order valence-electron chi connectivity index (χ3n) is 5.66. The monoisotopic (exact) mass is 421 g/mol. The van der Waals surface area contributed by atoms with Crippen LogP contribution in [0.3, 0.4) is 0 Å². The maximum Gasteiger partial charge on any atom is 0.253 e. The van der Waals surface area contributed by atoms with Gasteiger partial charge in [0.2, 0.25) is 5.91 Å². The molecule has 8 nitrogen and oxygen atoms in total. The lowest BCUT2D eigenvalue weighted by Crippen LogP contribution is -2.38. The minimum absolute atomic E-state index is 0.0197. The van der Waals surface area contributed by atoms with Gasteiger partial charge in [0, 0.05) is 56.1 Å². The minimum Gasteiger partial charge on any atom is -0.375 e. The number of rotatable bonds is 6. The van der Waals surface area contributed by atoms with Gasteiger partial charge in [-0.3, -0.25) is 9.59 Å². The molecule has 1 fully saturated rings. The molecule has 4 rings (SSSR count). The predicted octanol–water partition coefficient (Wildman–Crippen LogP) is 2.32. The molecule has 3 aromatic rings. The minimum atomic E-state index is -0.173. The number of nitrogens with one attached hydrogen (secondary N) is 1. The maximum absolute atomic E-state index is 12.8. The molecule has 2 aromatic heterocycles. The molecule has 3 heterocycles. The van der Waals surface area contributed by atoms with Gasteiger partial charge >= 0.3 is 0 Å². The van der Waals surface area contributed by atoms with Gasteiger partial charge in [0.25, 0.3) is 5.91 Å². The van der Waals surface area contributed by atoms with Crippen molar-refractivity contribution < 1.29 is 14.3 Å². The summed E-state index contributed by atoms with van der Waals surface area (Å²) in [5, 5.41) is 7.54. The third kappa shape index (κ3) is 4.59. The van der Waals surface area contributed by atoms with Gasteiger partial charge in [0.15, 0.2) is 5.65 Å². The molecule has 0 unspecified atom stereocenters. The average Bonchev–Trinajstić information content (AvgIpc) is 3.18. The van der Waals surface area contributed by atoms with Crippen LogP contribution in [0.5, 0.6) is 0 Å². The molecule has 0 radical (unpaired) electrons. The Balaban J connectivity index is 1.55. The Morgan fingerprint density at radius 3 is 2.65 bits per heavy atom. The van der Waals surface area contributed by atoms with E-state index >= 15 is 0 Å². The molecule has 2 amide bonds. The molecule has 31 heavy (non-hydrogen) atoms. The van der Waals surface area contributed by atoms with Crippen LogP contribution in [0, 0.1) is 6.92 Å². The summed E-state index contributed by atoms with van der Waals surface area (Å²) < 4.78 is 6.80. The van der Waals surface area contributed by atoms with E-state index in [1.165, 1.54) is 7.11 Å². The van der Waals surface area contributed by atoms with Crippen molar-refractivity contribution in [1.29, 1.82) is 0 Å². The normalized spacial score (nSPS) is 14.7. The number of hydrogen-bond donors (Lipinski definition) is 1. The first-order chi connectivity index (χ1) is 15.1. The van der Waals surface area contributed by atoms with Crippen molar-refractivity contribution in [2.45, 2.75) is 32.2 Å². The zero-order chi connectivity index (χ0) is 21.8. The number of aryl methyl sites for hydroxylation is 1. The summed E-state index contributed by atoms with van der Waals surface area (Å²) in [6, 6.07) is 11.3. The van der Waals surface area contributed by atoms with E-state index in [0.29, 0.717) is 19.6 Å². The molecule has 1 aromatic carbocycles. The van der Waals surface area contributed by atoms with Crippen molar-refractivity contribution in [3.63, 3.8) is 0 Å². The average molecular weight is 422 g/mol. The van der Waals surface area contributed by atoms with E-state index in [-0.39, 0.29) is 24.3 Å². The van der Waals surface area contributed by atoms with E-state index in [2.05, 4.69) is 15.4 Å². The van der Waals surface area contributed by atoms with Crippen molar-refractivity contribution in [2.24, 2.45) is 0 Å². The smallest absolute Gasteiger partial charge is 0.253 e. The number of likely N-dealkylation sites (tertiary alicyclic amines) is 1. The second-order valence-corrected chi connectivity index (χ2v) is 7.87. The standard InChI is InChI=1S/C23H27N5O3/c1-16-12-20-24-13-19(14-25-21(29)15-31-2)22(28(20)26-16)17-8-10-27(11-9-17)23(30)18-6-4-3-5-7-18/h3-7,12-13,17H,8-11,14-15H2,1-2H3,(H,25,29). The van der Waals surface area contributed by atoms with Gasteiger partial charge in [0.05, 0.1) is 11.4 Å². The molecule has 1 N–H and O–H groups in total. The van der Waals surface area contributed by atoms with E-state index in [0.717, 1.165) is 41.0 Å². The van der Waals surface area contributed by atoms with Gasteiger partial charge in [-0.05, 0) is 31.9 Å². The van der Waals surface area contributed by atoms with Gasteiger partial charge in [-0.25, -0.2) is 9.50 Å². The SMILES string of the molecule is COCC(=O)NCc1cnc2cc(C)nn2c1C1CCN(C(=O)c2ccccc2)CC1. The number of hydrogen-bond acceptors (Lipinski definition) is 5. The highest BCUT2D eigenvalue weighted by Crippen LogP contribution is 2.31. The Bertz CT molecular complexity index is 1070. The van der Waals surface area contributed by atoms with E-state index in [1.807, 2.05) is 58.9 Å². The second kappa shape index (κ2) is 9.26.